The number of nitrogens with one attached hydrogen (secondary N) is 2. The van der Waals surface area contributed by atoms with Crippen molar-refractivity contribution in [2.45, 2.75) is 13.0 Å². The van der Waals surface area contributed by atoms with E-state index in [4.69, 9.17) is 4.42 Å². The number of furan rings is 1. The van der Waals surface area contributed by atoms with E-state index >= 15 is 0 Å². The van der Waals surface area contributed by atoms with Gasteiger partial charge >= 0.3 is 6.61 Å². The van der Waals surface area contributed by atoms with E-state index in [9.17, 15) is 18.4 Å². The summed E-state index contributed by atoms with van der Waals surface area (Å²) in [6.07, 6.45) is 1.48. The highest BCUT2D eigenvalue weighted by Crippen LogP contribution is 2.17. The van der Waals surface area contributed by atoms with Crippen molar-refractivity contribution in [3.63, 3.8) is 0 Å². The first kappa shape index (κ1) is 19.1. The summed E-state index contributed by atoms with van der Waals surface area (Å²) in [5, 5.41) is 5.40. The Hall–Kier alpha value is -3.68. The topological polar surface area (TPSA) is 80.6 Å². The molecule has 28 heavy (non-hydrogen) atoms. The lowest BCUT2D eigenvalue weighted by Gasteiger charge is -2.08. The molecule has 0 radical (unpaired) electrons. The zero-order valence-corrected chi connectivity index (χ0v) is 14.5. The average molecular weight is 386 g/mol. The number of carbonyl (C=O) groups is 2. The Kier molecular flexibility index (Phi) is 6.01. The Labute approximate surface area is 159 Å². The predicted octanol–water partition coefficient (Wildman–Crippen LogP) is 4.31. The molecule has 0 fully saturated rings. The molecule has 0 spiro atoms. The van der Waals surface area contributed by atoms with Crippen molar-refractivity contribution in [2.75, 3.05) is 10.6 Å². The summed E-state index contributed by atoms with van der Waals surface area (Å²) in [6, 6.07) is 15.6. The Morgan fingerprint density at radius 2 is 1.57 bits per heavy atom. The number of halogens is 2. The molecule has 0 unspecified atom stereocenters. The largest absolute Gasteiger partial charge is 0.459 e. The summed E-state index contributed by atoms with van der Waals surface area (Å²) in [6.45, 7) is -2.89. The molecule has 3 aromatic rings. The van der Waals surface area contributed by atoms with E-state index in [1.54, 1.807) is 48.5 Å². The van der Waals surface area contributed by atoms with Crippen LogP contribution in [0.5, 0.6) is 5.75 Å². The number of benzene rings is 2. The molecule has 0 aliphatic heterocycles. The monoisotopic (exact) mass is 386 g/mol. The lowest BCUT2D eigenvalue weighted by atomic mass is 10.1. The van der Waals surface area contributed by atoms with Crippen LogP contribution >= 0.6 is 0 Å². The van der Waals surface area contributed by atoms with Crippen LogP contribution in [0.3, 0.4) is 0 Å². The molecule has 2 aromatic carbocycles. The second kappa shape index (κ2) is 8.81. The SMILES string of the molecule is O=C(Cc1ccc(OC(F)F)cc1)Nc1ccc(NC(=O)c2ccco2)cc1. The normalized spacial score (nSPS) is 10.5. The third-order valence-electron chi connectivity index (χ3n) is 3.68. The number of rotatable bonds is 7. The summed E-state index contributed by atoms with van der Waals surface area (Å²) in [5.74, 6) is -0.412. The maximum atomic E-state index is 12.1. The van der Waals surface area contributed by atoms with Gasteiger partial charge in [0, 0.05) is 11.4 Å². The molecule has 0 atom stereocenters. The van der Waals surface area contributed by atoms with Crippen LogP contribution in [0, 0.1) is 0 Å². The number of hydrogen-bond acceptors (Lipinski definition) is 4. The van der Waals surface area contributed by atoms with Gasteiger partial charge in [0.2, 0.25) is 5.91 Å². The molecular weight excluding hydrogens is 370 g/mol. The van der Waals surface area contributed by atoms with Crippen molar-refractivity contribution in [1.82, 2.24) is 0 Å². The van der Waals surface area contributed by atoms with Crippen molar-refractivity contribution in [3.8, 4) is 5.75 Å². The lowest BCUT2D eigenvalue weighted by molar-refractivity contribution is -0.115. The van der Waals surface area contributed by atoms with Gasteiger partial charge in [-0.05, 0) is 54.1 Å². The predicted molar refractivity (Wildman–Crippen MR) is 98.5 cm³/mol. The van der Waals surface area contributed by atoms with Crippen LogP contribution in [0.1, 0.15) is 16.1 Å². The van der Waals surface area contributed by atoms with Gasteiger partial charge in [-0.25, -0.2) is 0 Å². The van der Waals surface area contributed by atoms with E-state index in [1.165, 1.54) is 18.4 Å². The quantitative estimate of drug-likeness (QED) is 0.634. The Morgan fingerprint density at radius 3 is 2.14 bits per heavy atom. The van der Waals surface area contributed by atoms with Crippen molar-refractivity contribution in [2.24, 2.45) is 0 Å². The minimum atomic E-state index is -2.89. The van der Waals surface area contributed by atoms with E-state index in [0.717, 1.165) is 0 Å². The van der Waals surface area contributed by atoms with E-state index in [1.807, 2.05) is 0 Å². The maximum Gasteiger partial charge on any atom is 0.387 e. The van der Waals surface area contributed by atoms with Crippen LogP contribution < -0.4 is 15.4 Å². The number of anilines is 2. The molecular formula is C20H16F2N2O4. The molecule has 0 aliphatic carbocycles. The van der Waals surface area contributed by atoms with Gasteiger partial charge in [0.1, 0.15) is 5.75 Å². The molecule has 1 heterocycles. The van der Waals surface area contributed by atoms with Gasteiger partial charge in [-0.15, -0.1) is 0 Å². The van der Waals surface area contributed by atoms with Gasteiger partial charge < -0.3 is 19.8 Å². The number of hydrogen-bond donors (Lipinski definition) is 2. The summed E-state index contributed by atoms with van der Waals surface area (Å²) in [5.41, 5.74) is 1.76. The Bertz CT molecular complexity index is 924. The zero-order valence-electron chi connectivity index (χ0n) is 14.5. The van der Waals surface area contributed by atoms with Gasteiger partial charge in [-0.3, -0.25) is 9.59 Å². The zero-order chi connectivity index (χ0) is 19.9. The van der Waals surface area contributed by atoms with Crippen molar-refractivity contribution in [3.05, 3.63) is 78.3 Å². The lowest BCUT2D eigenvalue weighted by Crippen LogP contribution is -2.14. The number of carbonyl (C=O) groups excluding carboxylic acids is 2. The molecule has 0 saturated heterocycles. The first-order valence-electron chi connectivity index (χ1n) is 8.28. The fraction of sp³-hybridized carbons (Fsp3) is 0.100. The van der Waals surface area contributed by atoms with Crippen molar-refractivity contribution < 1.29 is 27.5 Å². The average Bonchev–Trinajstić information content (AvgIpc) is 3.19. The molecule has 0 aliphatic rings. The summed E-state index contributed by atoms with van der Waals surface area (Å²) in [7, 11) is 0. The highest BCUT2D eigenvalue weighted by atomic mass is 19.3. The molecule has 8 heteroatoms. The first-order chi connectivity index (χ1) is 13.5. The number of alkyl halides is 2. The fourth-order valence-electron chi connectivity index (χ4n) is 2.42. The number of ether oxygens (including phenoxy) is 1. The van der Waals surface area contributed by atoms with Crippen molar-refractivity contribution in [1.29, 1.82) is 0 Å². The minimum Gasteiger partial charge on any atom is -0.459 e. The highest BCUT2D eigenvalue weighted by molar-refractivity contribution is 6.02. The molecule has 0 bridgehead atoms. The maximum absolute atomic E-state index is 12.1. The van der Waals surface area contributed by atoms with Crippen molar-refractivity contribution >= 4 is 23.2 Å². The molecule has 1 aromatic heterocycles. The third-order valence-corrected chi connectivity index (χ3v) is 3.68. The van der Waals surface area contributed by atoms with Gasteiger partial charge in [0.15, 0.2) is 5.76 Å². The van der Waals surface area contributed by atoms with Crippen LogP contribution in [0.15, 0.2) is 71.3 Å². The summed E-state index contributed by atoms with van der Waals surface area (Å²) >= 11 is 0. The summed E-state index contributed by atoms with van der Waals surface area (Å²) < 4.78 is 33.5. The number of amides is 2. The highest BCUT2D eigenvalue weighted by Gasteiger charge is 2.09. The van der Waals surface area contributed by atoms with Gasteiger partial charge in [-0.1, -0.05) is 12.1 Å². The molecule has 2 amide bonds. The minimum absolute atomic E-state index is 0.0337. The Balaban J connectivity index is 1.52. The van der Waals surface area contributed by atoms with Crippen LogP contribution in [0.2, 0.25) is 0 Å². The van der Waals surface area contributed by atoms with E-state index in [2.05, 4.69) is 15.4 Å². The molecule has 6 nitrogen and oxygen atoms in total. The Morgan fingerprint density at radius 1 is 0.929 bits per heavy atom. The van der Waals surface area contributed by atoms with Gasteiger partial charge in [0.05, 0.1) is 12.7 Å². The second-order valence-electron chi connectivity index (χ2n) is 5.76. The standard InChI is InChI=1S/C20H16F2N2O4/c21-20(22)28-16-9-3-13(4-10-16)12-18(25)23-14-5-7-15(8-6-14)24-19(26)17-2-1-11-27-17/h1-11,20H,12H2,(H,23,25)(H,24,26). The molecule has 0 saturated carbocycles. The molecule has 144 valence electrons. The molecule has 3 rings (SSSR count). The molecule has 2 N–H and O–H groups in total. The van der Waals surface area contributed by atoms with E-state index < -0.39 is 6.61 Å². The second-order valence-corrected chi connectivity index (χ2v) is 5.76. The van der Waals surface area contributed by atoms with Crippen LogP contribution in [0.4, 0.5) is 20.2 Å². The summed E-state index contributed by atoms with van der Waals surface area (Å²) in [4.78, 5) is 24.0. The van der Waals surface area contributed by atoms with Crippen LogP contribution in [-0.2, 0) is 11.2 Å². The van der Waals surface area contributed by atoms with Crippen LogP contribution in [0.25, 0.3) is 0 Å². The van der Waals surface area contributed by atoms with Crippen LogP contribution in [-0.4, -0.2) is 18.4 Å². The van der Waals surface area contributed by atoms with E-state index in [0.29, 0.717) is 16.9 Å². The fourth-order valence-corrected chi connectivity index (χ4v) is 2.42. The first-order valence-corrected chi connectivity index (χ1v) is 8.28. The smallest absolute Gasteiger partial charge is 0.387 e. The van der Waals surface area contributed by atoms with E-state index in [-0.39, 0.29) is 29.7 Å². The van der Waals surface area contributed by atoms with Gasteiger partial charge in [-0.2, -0.15) is 8.78 Å². The van der Waals surface area contributed by atoms with Gasteiger partial charge in [0.25, 0.3) is 5.91 Å². The third kappa shape index (κ3) is 5.41.